The van der Waals surface area contributed by atoms with Gasteiger partial charge in [0.2, 0.25) is 11.1 Å². The minimum Gasteiger partial charge on any atom is -0.338 e. The van der Waals surface area contributed by atoms with Gasteiger partial charge in [-0.3, -0.25) is 4.79 Å². The van der Waals surface area contributed by atoms with E-state index >= 15 is 0 Å². The van der Waals surface area contributed by atoms with Crippen molar-refractivity contribution < 1.29 is 4.79 Å². The molecule has 4 rings (SSSR count). The second-order valence-corrected chi connectivity index (χ2v) is 7.92. The number of carbonyl (C=O) groups is 1. The first-order chi connectivity index (χ1) is 12.7. The molecule has 0 bridgehead atoms. The smallest absolute Gasteiger partial charge is 0.225 e. The minimum absolute atomic E-state index is 0.0293. The maximum absolute atomic E-state index is 12.0. The molecule has 0 aliphatic rings. The van der Waals surface area contributed by atoms with E-state index in [2.05, 4.69) is 48.1 Å². The van der Waals surface area contributed by atoms with Gasteiger partial charge in [0.15, 0.2) is 5.65 Å². The Bertz CT molecular complexity index is 1080. The Hall–Kier alpha value is -2.20. The molecule has 2 aromatic heterocycles. The zero-order valence-corrected chi connectivity index (χ0v) is 16.5. The molecule has 0 aliphatic heterocycles. The molecule has 0 aliphatic carbocycles. The fraction of sp³-hybridized carbons (Fsp3) is 0.111. The standard InChI is InChI=1S/C18H14IN5OS/c19-11-5-7-12(8-6-11)20-15(25)9-10-26-18-22-17-16(23-24-18)13-3-1-2-4-14(13)21-17/h1-8H,9-10H2,(H,20,25)(H,21,22,24). The summed E-state index contributed by atoms with van der Waals surface area (Å²) >= 11 is 3.65. The fourth-order valence-electron chi connectivity index (χ4n) is 2.56. The number of halogens is 1. The lowest BCUT2D eigenvalue weighted by Crippen LogP contribution is -2.12. The van der Waals surface area contributed by atoms with Crippen molar-refractivity contribution in [3.8, 4) is 0 Å². The number of hydrogen-bond donors (Lipinski definition) is 2. The number of hydrogen-bond acceptors (Lipinski definition) is 5. The summed E-state index contributed by atoms with van der Waals surface area (Å²) in [5.41, 5.74) is 3.27. The van der Waals surface area contributed by atoms with Crippen LogP contribution in [0, 0.1) is 3.57 Å². The Morgan fingerprint density at radius 3 is 2.77 bits per heavy atom. The van der Waals surface area contributed by atoms with Crippen molar-refractivity contribution in [2.45, 2.75) is 11.6 Å². The predicted molar refractivity (Wildman–Crippen MR) is 112 cm³/mol. The molecule has 2 heterocycles. The number of thioether (sulfide) groups is 1. The van der Waals surface area contributed by atoms with Gasteiger partial charge in [-0.05, 0) is 52.9 Å². The number of rotatable bonds is 5. The van der Waals surface area contributed by atoms with Gasteiger partial charge >= 0.3 is 0 Å². The summed E-state index contributed by atoms with van der Waals surface area (Å²) in [5.74, 6) is 0.558. The monoisotopic (exact) mass is 475 g/mol. The molecule has 2 N–H and O–H groups in total. The van der Waals surface area contributed by atoms with Gasteiger partial charge in [-0.25, -0.2) is 4.98 Å². The quantitative estimate of drug-likeness (QED) is 0.334. The number of benzene rings is 2. The fourth-order valence-corrected chi connectivity index (χ4v) is 3.64. The van der Waals surface area contributed by atoms with Gasteiger partial charge in [-0.15, -0.1) is 10.2 Å². The van der Waals surface area contributed by atoms with Crippen LogP contribution in [-0.4, -0.2) is 31.8 Å². The third kappa shape index (κ3) is 3.80. The van der Waals surface area contributed by atoms with E-state index in [1.165, 1.54) is 11.8 Å². The Kier molecular flexibility index (Phi) is 5.02. The second kappa shape index (κ2) is 7.58. The molecule has 0 fully saturated rings. The zero-order valence-electron chi connectivity index (χ0n) is 13.6. The van der Waals surface area contributed by atoms with Crippen molar-refractivity contribution in [1.29, 1.82) is 0 Å². The number of carbonyl (C=O) groups excluding carboxylic acids is 1. The molecule has 0 unspecified atom stereocenters. The summed E-state index contributed by atoms with van der Waals surface area (Å²) in [5, 5.41) is 12.9. The van der Waals surface area contributed by atoms with Gasteiger partial charge in [0.1, 0.15) is 5.52 Å². The summed E-state index contributed by atoms with van der Waals surface area (Å²) in [6.07, 6.45) is 0.380. The van der Waals surface area contributed by atoms with E-state index in [4.69, 9.17) is 0 Å². The molecule has 26 heavy (non-hydrogen) atoms. The average Bonchev–Trinajstić information content (AvgIpc) is 3.01. The molecule has 0 atom stereocenters. The highest BCUT2D eigenvalue weighted by Gasteiger charge is 2.10. The largest absolute Gasteiger partial charge is 0.338 e. The highest BCUT2D eigenvalue weighted by Crippen LogP contribution is 2.23. The first-order valence-corrected chi connectivity index (χ1v) is 10.0. The number of anilines is 1. The third-order valence-corrected chi connectivity index (χ3v) is 5.35. The van der Waals surface area contributed by atoms with Gasteiger partial charge in [-0.1, -0.05) is 30.0 Å². The van der Waals surface area contributed by atoms with Gasteiger partial charge in [0.25, 0.3) is 0 Å². The Morgan fingerprint density at radius 1 is 1.12 bits per heavy atom. The summed E-state index contributed by atoms with van der Waals surface area (Å²) in [6, 6.07) is 15.6. The maximum Gasteiger partial charge on any atom is 0.225 e. The summed E-state index contributed by atoms with van der Waals surface area (Å²) < 4.78 is 1.13. The van der Waals surface area contributed by atoms with E-state index < -0.39 is 0 Å². The molecule has 0 saturated heterocycles. The number of nitrogens with zero attached hydrogens (tertiary/aromatic N) is 3. The molecule has 8 heteroatoms. The highest BCUT2D eigenvalue weighted by molar-refractivity contribution is 14.1. The van der Waals surface area contributed by atoms with E-state index in [0.717, 1.165) is 25.7 Å². The lowest BCUT2D eigenvalue weighted by atomic mass is 10.2. The molecule has 4 aromatic rings. The highest BCUT2D eigenvalue weighted by atomic mass is 127. The Balaban J connectivity index is 1.37. The van der Waals surface area contributed by atoms with E-state index in [9.17, 15) is 4.79 Å². The van der Waals surface area contributed by atoms with Crippen molar-refractivity contribution in [1.82, 2.24) is 20.2 Å². The van der Waals surface area contributed by atoms with E-state index in [-0.39, 0.29) is 5.91 Å². The third-order valence-electron chi connectivity index (χ3n) is 3.79. The number of nitrogens with one attached hydrogen (secondary N) is 2. The topological polar surface area (TPSA) is 83.6 Å². The predicted octanol–water partition coefficient (Wildman–Crippen LogP) is 4.23. The lowest BCUT2D eigenvalue weighted by molar-refractivity contribution is -0.115. The number of aromatic nitrogens is 4. The molecule has 2 aromatic carbocycles. The van der Waals surface area contributed by atoms with Crippen LogP contribution in [0.1, 0.15) is 6.42 Å². The van der Waals surface area contributed by atoms with Crippen LogP contribution in [-0.2, 0) is 4.79 Å². The van der Waals surface area contributed by atoms with Crippen LogP contribution in [0.4, 0.5) is 5.69 Å². The molecule has 1 amide bonds. The first-order valence-electron chi connectivity index (χ1n) is 7.98. The Labute approximate surface area is 167 Å². The molecule has 130 valence electrons. The van der Waals surface area contributed by atoms with Crippen LogP contribution in [0.3, 0.4) is 0 Å². The van der Waals surface area contributed by atoms with Gasteiger partial charge in [0.05, 0.1) is 0 Å². The van der Waals surface area contributed by atoms with Crippen LogP contribution >= 0.6 is 34.4 Å². The zero-order chi connectivity index (χ0) is 17.9. The second-order valence-electron chi connectivity index (χ2n) is 5.62. The van der Waals surface area contributed by atoms with E-state index in [1.54, 1.807) is 0 Å². The first kappa shape index (κ1) is 17.2. The summed E-state index contributed by atoms with van der Waals surface area (Å²) in [7, 11) is 0. The number of amides is 1. The van der Waals surface area contributed by atoms with E-state index in [0.29, 0.717) is 23.0 Å². The molecule has 0 radical (unpaired) electrons. The Morgan fingerprint density at radius 2 is 1.92 bits per heavy atom. The molecular weight excluding hydrogens is 461 g/mol. The van der Waals surface area contributed by atoms with Gasteiger partial charge in [0, 0.05) is 32.3 Å². The van der Waals surface area contributed by atoms with Crippen LogP contribution in [0.25, 0.3) is 22.1 Å². The maximum atomic E-state index is 12.0. The van der Waals surface area contributed by atoms with Crippen LogP contribution in [0.5, 0.6) is 0 Å². The van der Waals surface area contributed by atoms with Crippen molar-refractivity contribution in [2.75, 3.05) is 11.1 Å². The van der Waals surface area contributed by atoms with Gasteiger partial charge < -0.3 is 10.3 Å². The van der Waals surface area contributed by atoms with Crippen molar-refractivity contribution >= 4 is 68.0 Å². The molecule has 0 spiro atoms. The van der Waals surface area contributed by atoms with Gasteiger partial charge in [-0.2, -0.15) is 0 Å². The van der Waals surface area contributed by atoms with Crippen molar-refractivity contribution in [3.05, 3.63) is 52.1 Å². The normalized spacial score (nSPS) is 11.1. The van der Waals surface area contributed by atoms with Crippen LogP contribution < -0.4 is 5.32 Å². The van der Waals surface area contributed by atoms with Crippen LogP contribution in [0.15, 0.2) is 53.7 Å². The molecule has 6 nitrogen and oxygen atoms in total. The average molecular weight is 475 g/mol. The summed E-state index contributed by atoms with van der Waals surface area (Å²) in [4.78, 5) is 19.8. The number of para-hydroxylation sites is 1. The van der Waals surface area contributed by atoms with Crippen molar-refractivity contribution in [3.63, 3.8) is 0 Å². The SMILES string of the molecule is O=C(CCSc1nnc2c(n1)[nH]c1ccccc12)Nc1ccc(I)cc1. The van der Waals surface area contributed by atoms with Crippen LogP contribution in [0.2, 0.25) is 0 Å². The molecule has 0 saturated carbocycles. The lowest BCUT2D eigenvalue weighted by Gasteiger charge is -2.04. The van der Waals surface area contributed by atoms with Crippen molar-refractivity contribution in [2.24, 2.45) is 0 Å². The number of aromatic amines is 1. The van der Waals surface area contributed by atoms with E-state index in [1.807, 2.05) is 48.5 Å². The number of H-pyrrole nitrogens is 1. The summed E-state index contributed by atoms with van der Waals surface area (Å²) in [6.45, 7) is 0. The molecular formula is C18H14IN5OS. The number of fused-ring (bicyclic) bond motifs is 3. The minimum atomic E-state index is -0.0293.